The largest absolute Gasteiger partial charge is 0.467 e. The summed E-state index contributed by atoms with van der Waals surface area (Å²) >= 11 is 0. The van der Waals surface area contributed by atoms with Crippen LogP contribution in [0.2, 0.25) is 0 Å². The maximum Gasteiger partial charge on any atom is 0.328 e. The van der Waals surface area contributed by atoms with Gasteiger partial charge in [0, 0.05) is 11.8 Å². The van der Waals surface area contributed by atoms with E-state index in [9.17, 15) is 19.5 Å². The summed E-state index contributed by atoms with van der Waals surface area (Å²) < 4.78 is 4.87. The summed E-state index contributed by atoms with van der Waals surface area (Å²) in [6.45, 7) is 5.81. The van der Waals surface area contributed by atoms with Crippen LogP contribution in [0.15, 0.2) is 47.1 Å². The van der Waals surface area contributed by atoms with Gasteiger partial charge in [0.1, 0.15) is 11.6 Å². The number of allylic oxidation sites excluding steroid dienone is 2. The molecule has 0 bridgehead atoms. The van der Waals surface area contributed by atoms with Gasteiger partial charge in [0.05, 0.1) is 12.8 Å². The minimum Gasteiger partial charge on any atom is -0.467 e. The first-order valence-corrected chi connectivity index (χ1v) is 15.1. The highest BCUT2D eigenvalue weighted by atomic mass is 16.6. The molecule has 0 radical (unpaired) electrons. The number of carbonyl (C=O) groups excluding carboxylic acids is 3. The van der Waals surface area contributed by atoms with Gasteiger partial charge in [-0.25, -0.2) is 4.79 Å². The Morgan fingerprint density at radius 2 is 1.78 bits per heavy atom. The van der Waals surface area contributed by atoms with Gasteiger partial charge in [-0.15, -0.1) is 0 Å². The fourth-order valence-corrected chi connectivity index (χ4v) is 8.83. The number of amides is 1. The number of fused-ring (bicyclic) bond motifs is 5. The van der Waals surface area contributed by atoms with E-state index in [4.69, 9.17) is 9.57 Å². The number of nitrogens with zero attached hydrogens (tertiary/aromatic N) is 1. The summed E-state index contributed by atoms with van der Waals surface area (Å²) in [5.41, 5.74) is 1.71. The van der Waals surface area contributed by atoms with E-state index in [1.807, 2.05) is 30.3 Å². The van der Waals surface area contributed by atoms with Crippen molar-refractivity contribution in [1.82, 2.24) is 5.32 Å². The van der Waals surface area contributed by atoms with Crippen LogP contribution in [-0.4, -0.2) is 53.8 Å². The molecule has 1 aromatic rings. The maximum absolute atomic E-state index is 12.6. The summed E-state index contributed by atoms with van der Waals surface area (Å²) in [5.74, 6) is 0.409. The van der Waals surface area contributed by atoms with Crippen LogP contribution in [-0.2, 0) is 30.4 Å². The number of esters is 1. The number of methoxy groups -OCH3 is 1. The second kappa shape index (κ2) is 11.3. The average Bonchev–Trinajstić information content (AvgIpc) is 3.24. The number of ether oxygens (including phenoxy) is 1. The van der Waals surface area contributed by atoms with E-state index in [0.29, 0.717) is 30.6 Å². The first kappa shape index (κ1) is 29.5. The van der Waals surface area contributed by atoms with Crippen LogP contribution in [0.5, 0.6) is 0 Å². The van der Waals surface area contributed by atoms with Crippen molar-refractivity contribution in [2.75, 3.05) is 13.7 Å². The van der Waals surface area contributed by atoms with Crippen molar-refractivity contribution in [2.24, 2.45) is 33.7 Å². The summed E-state index contributed by atoms with van der Waals surface area (Å²) in [7, 11) is 1.30. The van der Waals surface area contributed by atoms with Crippen molar-refractivity contribution < 1.29 is 29.1 Å². The molecule has 222 valence electrons. The standard InChI is InChI=1S/C33H44N2O6/c1-21(36)33(39)17-14-27-25-11-10-23-19-24(12-15-31(23,2)26(25)13-16-32(27,33)3)35-41-20-29(37)34-28(30(38)40-4)18-22-8-6-5-7-9-22/h5-9,19,25-28,39H,10-18,20H2,1-4H3,(H,34,37)/t25-,26-,27-,28-,31+,32+,33-/m1/s1. The Labute approximate surface area is 242 Å². The number of oxime groups is 1. The highest BCUT2D eigenvalue weighted by Gasteiger charge is 2.65. The lowest BCUT2D eigenvalue weighted by atomic mass is 9.46. The van der Waals surface area contributed by atoms with E-state index in [2.05, 4.69) is 30.4 Å². The van der Waals surface area contributed by atoms with Crippen molar-refractivity contribution in [1.29, 1.82) is 0 Å². The maximum atomic E-state index is 12.6. The molecule has 41 heavy (non-hydrogen) atoms. The van der Waals surface area contributed by atoms with Crippen LogP contribution in [0, 0.1) is 28.6 Å². The van der Waals surface area contributed by atoms with E-state index in [-0.39, 0.29) is 23.2 Å². The van der Waals surface area contributed by atoms with Crippen LogP contribution in [0.3, 0.4) is 0 Å². The SMILES string of the molecule is COC(=O)[C@@H](Cc1ccccc1)NC(=O)CON=C1C=C2CC[C@@H]3[C@@H](CC[C@@]4(C)[C@@H]3CC[C@@]4(O)C(C)=O)[C@@]2(C)CC1. The average molecular weight is 565 g/mol. The third-order valence-electron chi connectivity index (χ3n) is 11.2. The third kappa shape index (κ3) is 5.24. The molecule has 0 saturated heterocycles. The molecule has 8 nitrogen and oxygen atoms in total. The zero-order valence-electron chi connectivity index (χ0n) is 24.8. The minimum absolute atomic E-state index is 0.0722. The zero-order valence-corrected chi connectivity index (χ0v) is 24.8. The van der Waals surface area contributed by atoms with E-state index in [0.717, 1.165) is 56.2 Å². The van der Waals surface area contributed by atoms with Gasteiger partial charge in [0.25, 0.3) is 5.91 Å². The third-order valence-corrected chi connectivity index (χ3v) is 11.2. The number of benzene rings is 1. The summed E-state index contributed by atoms with van der Waals surface area (Å²) in [4.78, 5) is 42.8. The lowest BCUT2D eigenvalue weighted by Gasteiger charge is -2.59. The van der Waals surface area contributed by atoms with E-state index in [1.165, 1.54) is 12.7 Å². The predicted octanol–water partition coefficient (Wildman–Crippen LogP) is 4.54. The number of aliphatic hydroxyl groups is 1. The van der Waals surface area contributed by atoms with Crippen molar-refractivity contribution in [3.05, 3.63) is 47.5 Å². The molecule has 2 N–H and O–H groups in total. The van der Waals surface area contributed by atoms with Crippen LogP contribution in [0.1, 0.15) is 77.7 Å². The molecular weight excluding hydrogens is 520 g/mol. The second-order valence-electron chi connectivity index (χ2n) is 13.1. The van der Waals surface area contributed by atoms with Crippen molar-refractivity contribution in [2.45, 2.75) is 90.2 Å². The molecule has 3 saturated carbocycles. The van der Waals surface area contributed by atoms with Gasteiger partial charge in [-0.05, 0) is 93.1 Å². The van der Waals surface area contributed by atoms with E-state index < -0.39 is 23.5 Å². The molecule has 0 heterocycles. The number of Topliss-reactive ketones (excluding diaryl/α,β-unsaturated/α-hetero) is 1. The summed E-state index contributed by atoms with van der Waals surface area (Å²) in [5, 5.41) is 18.4. The molecule has 8 heteroatoms. The van der Waals surface area contributed by atoms with Gasteiger partial charge in [-0.3, -0.25) is 9.59 Å². The van der Waals surface area contributed by atoms with Crippen LogP contribution >= 0.6 is 0 Å². The molecule has 0 unspecified atom stereocenters. The quantitative estimate of drug-likeness (QED) is 0.354. The minimum atomic E-state index is -1.19. The molecular formula is C33H44N2O6. The monoisotopic (exact) mass is 564 g/mol. The Morgan fingerprint density at radius 3 is 2.49 bits per heavy atom. The predicted molar refractivity (Wildman–Crippen MR) is 155 cm³/mol. The first-order chi connectivity index (χ1) is 19.5. The number of hydrogen-bond donors (Lipinski definition) is 2. The topological polar surface area (TPSA) is 114 Å². The van der Waals surface area contributed by atoms with Gasteiger partial charge in [-0.1, -0.05) is 54.9 Å². The van der Waals surface area contributed by atoms with Gasteiger partial charge < -0.3 is 20.0 Å². The number of hydrogen-bond acceptors (Lipinski definition) is 7. The molecule has 1 amide bonds. The van der Waals surface area contributed by atoms with Crippen LogP contribution in [0.4, 0.5) is 0 Å². The van der Waals surface area contributed by atoms with Gasteiger partial charge in [-0.2, -0.15) is 0 Å². The zero-order chi connectivity index (χ0) is 29.4. The van der Waals surface area contributed by atoms with Gasteiger partial charge in [0.2, 0.25) is 0 Å². The van der Waals surface area contributed by atoms with Crippen molar-refractivity contribution in [3.8, 4) is 0 Å². The summed E-state index contributed by atoms with van der Waals surface area (Å²) in [6.07, 6.45) is 9.68. The Balaban J connectivity index is 1.20. The Bertz CT molecular complexity index is 1240. The molecule has 5 rings (SSSR count). The van der Waals surface area contributed by atoms with E-state index in [1.54, 1.807) is 6.92 Å². The van der Waals surface area contributed by atoms with Crippen LogP contribution in [0.25, 0.3) is 0 Å². The number of carbonyl (C=O) groups is 3. The van der Waals surface area contributed by atoms with E-state index >= 15 is 0 Å². The fraction of sp³-hybridized carbons (Fsp3) is 0.636. The molecule has 0 spiro atoms. The second-order valence-corrected chi connectivity index (χ2v) is 13.1. The van der Waals surface area contributed by atoms with Crippen molar-refractivity contribution in [3.63, 3.8) is 0 Å². The number of nitrogens with one attached hydrogen (secondary N) is 1. The molecule has 1 aromatic carbocycles. The highest BCUT2D eigenvalue weighted by Crippen LogP contribution is 2.67. The molecule has 4 aliphatic carbocycles. The number of ketones is 1. The van der Waals surface area contributed by atoms with Gasteiger partial charge in [0.15, 0.2) is 12.4 Å². The lowest BCUT2D eigenvalue weighted by molar-refractivity contribution is -0.159. The lowest BCUT2D eigenvalue weighted by Crippen LogP contribution is -2.57. The molecule has 4 aliphatic rings. The Morgan fingerprint density at radius 1 is 1.05 bits per heavy atom. The molecule has 7 atom stereocenters. The van der Waals surface area contributed by atoms with Crippen molar-refractivity contribution >= 4 is 23.4 Å². The smallest absolute Gasteiger partial charge is 0.328 e. The Kier molecular flexibility index (Phi) is 8.16. The molecule has 3 fully saturated rings. The number of rotatable bonds is 8. The Hall–Kier alpha value is -3.00. The normalized spacial score (nSPS) is 35.8. The molecule has 0 aromatic heterocycles. The fourth-order valence-electron chi connectivity index (χ4n) is 8.83. The van der Waals surface area contributed by atoms with Gasteiger partial charge >= 0.3 is 5.97 Å². The molecule has 0 aliphatic heterocycles. The highest BCUT2D eigenvalue weighted by molar-refractivity contribution is 5.96. The first-order valence-electron chi connectivity index (χ1n) is 15.1. The summed E-state index contributed by atoms with van der Waals surface area (Å²) in [6, 6.07) is 8.65. The van der Waals surface area contributed by atoms with Crippen LogP contribution < -0.4 is 5.32 Å².